The number of ether oxygens (including phenoxy) is 1. The Bertz CT molecular complexity index is 656. The fourth-order valence-corrected chi connectivity index (χ4v) is 4.13. The Balaban J connectivity index is 2.04. The standard InChI is InChI=1S/C13H16N2O4S/c1-2-19-11-5-3-4-9-12(11)14-13(16)10-8-20(17,18)7-6-15(9)10/h3-5,10H,2,6-8H2,1H3,(H,14,16). The van der Waals surface area contributed by atoms with Crippen molar-refractivity contribution in [3.63, 3.8) is 0 Å². The van der Waals surface area contributed by atoms with Gasteiger partial charge in [0.05, 0.1) is 23.8 Å². The number of para-hydroxylation sites is 1. The average Bonchev–Trinajstić information content (AvgIpc) is 2.39. The molecule has 1 aromatic carbocycles. The van der Waals surface area contributed by atoms with E-state index in [9.17, 15) is 13.2 Å². The van der Waals surface area contributed by atoms with Crippen LogP contribution in [-0.2, 0) is 14.6 Å². The van der Waals surface area contributed by atoms with Crippen LogP contribution in [0.1, 0.15) is 6.92 Å². The first-order valence-corrected chi connectivity index (χ1v) is 8.38. The SMILES string of the molecule is CCOc1cccc2c1NC(=O)C1CS(=O)(=O)CCN21. The van der Waals surface area contributed by atoms with E-state index >= 15 is 0 Å². The molecule has 6 nitrogen and oxygen atoms in total. The van der Waals surface area contributed by atoms with Gasteiger partial charge < -0.3 is 15.0 Å². The van der Waals surface area contributed by atoms with E-state index in [0.717, 1.165) is 5.69 Å². The Kier molecular flexibility index (Phi) is 3.08. The number of hydrogen-bond acceptors (Lipinski definition) is 5. The maximum Gasteiger partial charge on any atom is 0.248 e. The fraction of sp³-hybridized carbons (Fsp3) is 0.462. The van der Waals surface area contributed by atoms with Crippen LogP contribution in [0.25, 0.3) is 0 Å². The number of carbonyl (C=O) groups is 1. The Morgan fingerprint density at radius 3 is 3.00 bits per heavy atom. The van der Waals surface area contributed by atoms with Crippen LogP contribution in [0.15, 0.2) is 18.2 Å². The lowest BCUT2D eigenvalue weighted by molar-refractivity contribution is -0.117. The van der Waals surface area contributed by atoms with E-state index in [1.807, 2.05) is 24.0 Å². The summed E-state index contributed by atoms with van der Waals surface area (Å²) in [5, 5.41) is 2.78. The molecule has 2 aliphatic heterocycles. The lowest BCUT2D eigenvalue weighted by Crippen LogP contribution is -2.56. The third kappa shape index (κ3) is 2.11. The molecule has 108 valence electrons. The van der Waals surface area contributed by atoms with Crippen molar-refractivity contribution in [3.05, 3.63) is 18.2 Å². The van der Waals surface area contributed by atoms with E-state index in [2.05, 4.69) is 5.32 Å². The molecule has 20 heavy (non-hydrogen) atoms. The number of nitrogens with zero attached hydrogens (tertiary/aromatic N) is 1. The maximum atomic E-state index is 12.2. The Labute approximate surface area is 117 Å². The molecule has 1 fully saturated rings. The van der Waals surface area contributed by atoms with Crippen LogP contribution in [0.4, 0.5) is 11.4 Å². The highest BCUT2D eigenvalue weighted by Gasteiger charge is 2.40. The van der Waals surface area contributed by atoms with Crippen molar-refractivity contribution in [2.45, 2.75) is 13.0 Å². The second-order valence-electron chi connectivity index (χ2n) is 4.90. The number of benzene rings is 1. The van der Waals surface area contributed by atoms with Gasteiger partial charge in [-0.15, -0.1) is 0 Å². The molecule has 0 bridgehead atoms. The molecule has 2 heterocycles. The van der Waals surface area contributed by atoms with E-state index in [0.29, 0.717) is 24.6 Å². The Hall–Kier alpha value is -1.76. The van der Waals surface area contributed by atoms with Crippen molar-refractivity contribution >= 4 is 27.1 Å². The minimum Gasteiger partial charge on any atom is -0.492 e. The highest BCUT2D eigenvalue weighted by Crippen LogP contribution is 2.40. The molecule has 1 atom stereocenters. The van der Waals surface area contributed by atoms with Crippen molar-refractivity contribution in [2.24, 2.45) is 0 Å². The number of nitrogens with one attached hydrogen (secondary N) is 1. The molecule has 0 spiro atoms. The second kappa shape index (κ2) is 4.66. The smallest absolute Gasteiger partial charge is 0.248 e. The van der Waals surface area contributed by atoms with Gasteiger partial charge in [0.25, 0.3) is 0 Å². The molecule has 1 N–H and O–H groups in total. The van der Waals surface area contributed by atoms with Crippen LogP contribution < -0.4 is 15.0 Å². The molecule has 7 heteroatoms. The summed E-state index contributed by atoms with van der Waals surface area (Å²) in [4.78, 5) is 14.0. The molecule has 0 radical (unpaired) electrons. The first kappa shape index (κ1) is 13.2. The van der Waals surface area contributed by atoms with Gasteiger partial charge in [-0.2, -0.15) is 0 Å². The summed E-state index contributed by atoms with van der Waals surface area (Å²) in [6.45, 7) is 2.72. The van der Waals surface area contributed by atoms with E-state index in [1.54, 1.807) is 6.07 Å². The minimum absolute atomic E-state index is 0.0785. The molecule has 1 amide bonds. The number of sulfone groups is 1. The molecule has 0 aromatic heterocycles. The van der Waals surface area contributed by atoms with Crippen molar-refractivity contribution < 1.29 is 17.9 Å². The summed E-state index contributed by atoms with van der Waals surface area (Å²) in [5.74, 6) is 0.282. The third-order valence-corrected chi connectivity index (χ3v) is 5.22. The highest BCUT2D eigenvalue weighted by molar-refractivity contribution is 7.91. The number of fused-ring (bicyclic) bond motifs is 3. The van der Waals surface area contributed by atoms with Crippen LogP contribution in [0, 0.1) is 0 Å². The number of anilines is 2. The van der Waals surface area contributed by atoms with Crippen molar-refractivity contribution in [1.29, 1.82) is 0 Å². The molecule has 1 aromatic rings. The topological polar surface area (TPSA) is 75.7 Å². The molecule has 0 saturated carbocycles. The lowest BCUT2D eigenvalue weighted by Gasteiger charge is -2.41. The predicted octanol–water partition coefficient (Wildman–Crippen LogP) is 0.641. The predicted molar refractivity (Wildman–Crippen MR) is 76.0 cm³/mol. The normalized spacial score (nSPS) is 23.6. The molecule has 0 aliphatic carbocycles. The van der Waals surface area contributed by atoms with Crippen LogP contribution in [-0.4, -0.2) is 45.0 Å². The Morgan fingerprint density at radius 1 is 1.45 bits per heavy atom. The van der Waals surface area contributed by atoms with Gasteiger partial charge in [0.15, 0.2) is 9.84 Å². The summed E-state index contributed by atoms with van der Waals surface area (Å²) >= 11 is 0. The summed E-state index contributed by atoms with van der Waals surface area (Å²) in [6.07, 6.45) is 0. The largest absolute Gasteiger partial charge is 0.492 e. The number of hydrogen-bond donors (Lipinski definition) is 1. The van der Waals surface area contributed by atoms with Crippen LogP contribution >= 0.6 is 0 Å². The third-order valence-electron chi connectivity index (χ3n) is 3.60. The molecule has 1 saturated heterocycles. The fourth-order valence-electron chi connectivity index (χ4n) is 2.68. The van der Waals surface area contributed by atoms with Gasteiger partial charge in [-0.25, -0.2) is 8.42 Å². The molecule has 1 unspecified atom stereocenters. The van der Waals surface area contributed by atoms with Crippen molar-refractivity contribution in [2.75, 3.05) is 34.9 Å². The van der Waals surface area contributed by atoms with Gasteiger partial charge in [0, 0.05) is 6.54 Å². The van der Waals surface area contributed by atoms with Crippen molar-refractivity contribution in [1.82, 2.24) is 0 Å². The minimum atomic E-state index is -3.14. The highest BCUT2D eigenvalue weighted by atomic mass is 32.2. The van der Waals surface area contributed by atoms with Gasteiger partial charge in [0.1, 0.15) is 17.5 Å². The number of amides is 1. The second-order valence-corrected chi connectivity index (χ2v) is 7.12. The van der Waals surface area contributed by atoms with Crippen LogP contribution in [0.3, 0.4) is 0 Å². The van der Waals surface area contributed by atoms with Crippen LogP contribution in [0.5, 0.6) is 5.75 Å². The van der Waals surface area contributed by atoms with E-state index in [1.165, 1.54) is 0 Å². The zero-order chi connectivity index (χ0) is 14.3. The van der Waals surface area contributed by atoms with Gasteiger partial charge in [-0.1, -0.05) is 6.07 Å². The van der Waals surface area contributed by atoms with Gasteiger partial charge in [-0.05, 0) is 19.1 Å². The van der Waals surface area contributed by atoms with Crippen LogP contribution in [0.2, 0.25) is 0 Å². The lowest BCUT2D eigenvalue weighted by atomic mass is 10.1. The first-order valence-electron chi connectivity index (χ1n) is 6.55. The molecular weight excluding hydrogens is 280 g/mol. The van der Waals surface area contributed by atoms with E-state index < -0.39 is 15.9 Å². The van der Waals surface area contributed by atoms with Gasteiger partial charge in [0.2, 0.25) is 5.91 Å². The summed E-state index contributed by atoms with van der Waals surface area (Å²) in [6, 6.07) is 4.88. The zero-order valence-electron chi connectivity index (χ0n) is 11.1. The maximum absolute atomic E-state index is 12.2. The van der Waals surface area contributed by atoms with Gasteiger partial charge in [-0.3, -0.25) is 4.79 Å². The average molecular weight is 296 g/mol. The molecular formula is C13H16N2O4S. The van der Waals surface area contributed by atoms with Crippen molar-refractivity contribution in [3.8, 4) is 5.75 Å². The molecule has 3 rings (SSSR count). The van der Waals surface area contributed by atoms with E-state index in [-0.39, 0.29) is 17.4 Å². The summed E-state index contributed by atoms with van der Waals surface area (Å²) < 4.78 is 28.9. The Morgan fingerprint density at radius 2 is 2.25 bits per heavy atom. The van der Waals surface area contributed by atoms with E-state index in [4.69, 9.17) is 4.74 Å². The number of carbonyl (C=O) groups excluding carboxylic acids is 1. The molecule has 2 aliphatic rings. The first-order chi connectivity index (χ1) is 9.52. The monoisotopic (exact) mass is 296 g/mol. The summed E-state index contributed by atoms with van der Waals surface area (Å²) in [7, 11) is -3.14. The zero-order valence-corrected chi connectivity index (χ0v) is 11.9. The number of rotatable bonds is 2. The summed E-state index contributed by atoms with van der Waals surface area (Å²) in [5.41, 5.74) is 1.46. The van der Waals surface area contributed by atoms with Gasteiger partial charge >= 0.3 is 0 Å². The quantitative estimate of drug-likeness (QED) is 0.867.